The van der Waals surface area contributed by atoms with E-state index in [1.54, 1.807) is 32.9 Å². The lowest BCUT2D eigenvalue weighted by Crippen LogP contribution is -2.41. The van der Waals surface area contributed by atoms with Crippen LogP contribution in [0.4, 0.5) is 9.18 Å². The van der Waals surface area contributed by atoms with Gasteiger partial charge in [-0.25, -0.2) is 9.18 Å². The smallest absolute Gasteiger partial charge is 0.444 e. The highest BCUT2D eigenvalue weighted by atomic mass is 19.1. The van der Waals surface area contributed by atoms with Crippen molar-refractivity contribution in [2.24, 2.45) is 0 Å². The van der Waals surface area contributed by atoms with E-state index in [0.717, 1.165) is 22.8 Å². The van der Waals surface area contributed by atoms with Gasteiger partial charge < -0.3 is 19.4 Å². The van der Waals surface area contributed by atoms with Crippen LogP contribution in [0.2, 0.25) is 0 Å². The number of benzene rings is 2. The molecule has 0 aromatic heterocycles. The molecule has 1 aliphatic rings. The number of halogens is 1. The Balaban J connectivity index is 2.06. The molecule has 0 bridgehead atoms. The lowest BCUT2D eigenvalue weighted by molar-refractivity contribution is 0.00578. The first-order valence-corrected chi connectivity index (χ1v) is 10.8. The standard InChI is InChI=1S/C24H33BFNO4/c1-9-15-11-10-12-17-19(15)18(25-30-23(5,6)24(7,8)31-25)13-16(20(17)26)14-27-21(28)29-22(2,3)4/h10-13H,9,14H2,1-8H3,(H,27,28). The molecule has 1 saturated heterocycles. The lowest BCUT2D eigenvalue weighted by Gasteiger charge is -2.32. The average molecular weight is 429 g/mol. The van der Waals surface area contributed by atoms with Gasteiger partial charge in [0.25, 0.3) is 0 Å². The summed E-state index contributed by atoms with van der Waals surface area (Å²) in [6.07, 6.45) is 0.158. The first-order chi connectivity index (χ1) is 14.3. The molecular formula is C24H33BFNO4. The molecule has 2 aromatic rings. The van der Waals surface area contributed by atoms with Crippen LogP contribution >= 0.6 is 0 Å². The number of fused-ring (bicyclic) bond motifs is 1. The van der Waals surface area contributed by atoms with Crippen molar-refractivity contribution in [3.8, 4) is 0 Å². The molecular weight excluding hydrogens is 396 g/mol. The Morgan fingerprint density at radius 3 is 2.29 bits per heavy atom. The van der Waals surface area contributed by atoms with Crippen LogP contribution in [-0.4, -0.2) is 30.0 Å². The third kappa shape index (κ3) is 4.72. The van der Waals surface area contributed by atoms with E-state index in [4.69, 9.17) is 14.0 Å². The zero-order valence-electron chi connectivity index (χ0n) is 19.8. The van der Waals surface area contributed by atoms with E-state index in [0.29, 0.717) is 10.9 Å². The number of alkyl carbamates (subject to hydrolysis) is 1. The van der Waals surface area contributed by atoms with Crippen LogP contribution in [0, 0.1) is 5.82 Å². The van der Waals surface area contributed by atoms with E-state index < -0.39 is 30.0 Å². The number of aryl methyl sites for hydroxylation is 1. The van der Waals surface area contributed by atoms with Gasteiger partial charge in [0.15, 0.2) is 0 Å². The Hall–Kier alpha value is -2.12. The van der Waals surface area contributed by atoms with E-state index in [2.05, 4.69) is 5.32 Å². The quantitative estimate of drug-likeness (QED) is 0.705. The van der Waals surface area contributed by atoms with Crippen molar-refractivity contribution in [1.29, 1.82) is 0 Å². The summed E-state index contributed by atoms with van der Waals surface area (Å²) in [5.41, 5.74) is 0.483. The fourth-order valence-electron chi connectivity index (χ4n) is 3.68. The second kappa shape index (κ2) is 8.10. The summed E-state index contributed by atoms with van der Waals surface area (Å²) in [5.74, 6) is -0.360. The highest BCUT2D eigenvalue weighted by Gasteiger charge is 2.52. The molecule has 31 heavy (non-hydrogen) atoms. The van der Waals surface area contributed by atoms with Gasteiger partial charge in [0.2, 0.25) is 0 Å². The normalized spacial score (nSPS) is 17.8. The Labute approximate surface area is 184 Å². The molecule has 0 saturated carbocycles. The number of carbonyl (C=O) groups is 1. The number of rotatable bonds is 4. The summed E-state index contributed by atoms with van der Waals surface area (Å²) in [4.78, 5) is 12.1. The van der Waals surface area contributed by atoms with Crippen LogP contribution in [0.3, 0.4) is 0 Å². The minimum atomic E-state index is -0.638. The molecule has 0 atom stereocenters. The first-order valence-electron chi connectivity index (χ1n) is 10.8. The molecule has 1 heterocycles. The third-order valence-corrected chi connectivity index (χ3v) is 6.00. The van der Waals surface area contributed by atoms with E-state index in [1.807, 2.05) is 46.8 Å². The minimum Gasteiger partial charge on any atom is -0.444 e. The Morgan fingerprint density at radius 2 is 1.74 bits per heavy atom. The summed E-state index contributed by atoms with van der Waals surface area (Å²) in [6.45, 7) is 15.4. The molecule has 0 spiro atoms. The van der Waals surface area contributed by atoms with Gasteiger partial charge in [0.05, 0.1) is 11.2 Å². The Kier molecular flexibility index (Phi) is 6.15. The van der Waals surface area contributed by atoms with Crippen molar-refractivity contribution in [3.05, 3.63) is 41.2 Å². The SMILES string of the molecule is CCc1cccc2c(F)c(CNC(=O)OC(C)(C)C)cc(B3OC(C)(C)C(C)(C)O3)c12. The first kappa shape index (κ1) is 23.5. The van der Waals surface area contributed by atoms with Gasteiger partial charge in [0, 0.05) is 17.5 Å². The lowest BCUT2D eigenvalue weighted by atomic mass is 9.73. The summed E-state index contributed by atoms with van der Waals surface area (Å²) in [7, 11) is -0.638. The third-order valence-electron chi connectivity index (χ3n) is 6.00. The monoisotopic (exact) mass is 429 g/mol. The zero-order chi connectivity index (χ0) is 23.2. The number of nitrogens with one attached hydrogen (secondary N) is 1. The second-order valence-corrected chi connectivity index (χ2v) is 10.1. The summed E-state index contributed by atoms with van der Waals surface area (Å²) in [6, 6.07) is 7.35. The van der Waals surface area contributed by atoms with Gasteiger partial charge >= 0.3 is 13.2 Å². The van der Waals surface area contributed by atoms with Crippen molar-refractivity contribution in [2.45, 2.75) is 85.2 Å². The molecule has 5 nitrogen and oxygen atoms in total. The van der Waals surface area contributed by atoms with Gasteiger partial charge in [0.1, 0.15) is 11.4 Å². The van der Waals surface area contributed by atoms with Crippen LogP contribution in [0.5, 0.6) is 0 Å². The largest absolute Gasteiger partial charge is 0.495 e. The number of ether oxygens (including phenoxy) is 1. The number of hydrogen-bond donors (Lipinski definition) is 1. The highest BCUT2D eigenvalue weighted by Crippen LogP contribution is 2.37. The van der Waals surface area contributed by atoms with Crippen molar-refractivity contribution < 1.29 is 23.2 Å². The maximum atomic E-state index is 15.5. The Bertz CT molecular complexity index is 981. The summed E-state index contributed by atoms with van der Waals surface area (Å²) in [5, 5.41) is 3.96. The summed E-state index contributed by atoms with van der Waals surface area (Å²) >= 11 is 0. The number of amides is 1. The molecule has 1 amide bonds. The van der Waals surface area contributed by atoms with E-state index in [-0.39, 0.29) is 12.4 Å². The molecule has 0 radical (unpaired) electrons. The van der Waals surface area contributed by atoms with Crippen LogP contribution in [0.1, 0.15) is 66.5 Å². The van der Waals surface area contributed by atoms with Crippen molar-refractivity contribution in [1.82, 2.24) is 5.32 Å². The van der Waals surface area contributed by atoms with Crippen LogP contribution in [0.15, 0.2) is 24.3 Å². The fourth-order valence-corrected chi connectivity index (χ4v) is 3.68. The highest BCUT2D eigenvalue weighted by molar-refractivity contribution is 6.65. The van der Waals surface area contributed by atoms with Crippen LogP contribution in [-0.2, 0) is 27.0 Å². The van der Waals surface area contributed by atoms with Gasteiger partial charge in [-0.2, -0.15) is 0 Å². The molecule has 2 aromatic carbocycles. The van der Waals surface area contributed by atoms with E-state index >= 15 is 4.39 Å². The molecule has 1 N–H and O–H groups in total. The van der Waals surface area contributed by atoms with Crippen molar-refractivity contribution in [2.75, 3.05) is 0 Å². The van der Waals surface area contributed by atoms with Gasteiger partial charge in [-0.1, -0.05) is 31.2 Å². The van der Waals surface area contributed by atoms with Crippen molar-refractivity contribution >= 4 is 29.4 Å². The van der Waals surface area contributed by atoms with E-state index in [1.165, 1.54) is 0 Å². The molecule has 7 heteroatoms. The van der Waals surface area contributed by atoms with E-state index in [9.17, 15) is 4.79 Å². The molecule has 0 aliphatic carbocycles. The maximum absolute atomic E-state index is 15.5. The molecule has 1 fully saturated rings. The minimum absolute atomic E-state index is 0.000451. The molecule has 1 aliphatic heterocycles. The number of hydrogen-bond acceptors (Lipinski definition) is 4. The van der Waals surface area contributed by atoms with Crippen molar-refractivity contribution in [3.63, 3.8) is 0 Å². The fraction of sp³-hybridized carbons (Fsp3) is 0.542. The Morgan fingerprint density at radius 1 is 1.13 bits per heavy atom. The average Bonchev–Trinajstić information content (AvgIpc) is 2.86. The molecule has 3 rings (SSSR count). The predicted octanol–water partition coefficient (Wildman–Crippen LogP) is 4.87. The molecule has 0 unspecified atom stereocenters. The van der Waals surface area contributed by atoms with Gasteiger partial charge in [-0.15, -0.1) is 0 Å². The maximum Gasteiger partial charge on any atom is 0.495 e. The predicted molar refractivity (Wildman–Crippen MR) is 122 cm³/mol. The second-order valence-electron chi connectivity index (χ2n) is 10.1. The summed E-state index contributed by atoms with van der Waals surface area (Å²) < 4.78 is 33.3. The van der Waals surface area contributed by atoms with Gasteiger partial charge in [-0.05, 0) is 71.3 Å². The zero-order valence-corrected chi connectivity index (χ0v) is 19.8. The number of carbonyl (C=O) groups excluding carboxylic acids is 1. The topological polar surface area (TPSA) is 56.8 Å². The molecule has 168 valence electrons. The van der Waals surface area contributed by atoms with Crippen LogP contribution in [0.25, 0.3) is 10.8 Å². The van der Waals surface area contributed by atoms with Crippen LogP contribution < -0.4 is 10.8 Å². The van der Waals surface area contributed by atoms with Gasteiger partial charge in [-0.3, -0.25) is 0 Å².